The number of aromatic nitrogens is 1. The van der Waals surface area contributed by atoms with Crippen LogP contribution in [-0.4, -0.2) is 12.1 Å². The Kier molecular flexibility index (Phi) is 4.62. The van der Waals surface area contributed by atoms with E-state index in [1.807, 2.05) is 48.5 Å². The number of benzene rings is 2. The molecule has 0 unspecified atom stereocenters. The summed E-state index contributed by atoms with van der Waals surface area (Å²) in [6, 6.07) is 17.9. The molecule has 2 aromatic carbocycles. The zero-order valence-electron chi connectivity index (χ0n) is 11.5. The Labute approximate surface area is 129 Å². The van der Waals surface area contributed by atoms with E-state index in [0.29, 0.717) is 5.82 Å². The minimum absolute atomic E-state index is 0. The third kappa shape index (κ3) is 2.91. The number of fused-ring (bicyclic) bond motifs is 1. The number of hydrazine groups is 1. The molecule has 0 bridgehead atoms. The van der Waals surface area contributed by atoms with E-state index in [9.17, 15) is 0 Å². The van der Waals surface area contributed by atoms with Gasteiger partial charge in [-0.25, -0.2) is 10.8 Å². The molecule has 21 heavy (non-hydrogen) atoms. The Morgan fingerprint density at radius 3 is 2.48 bits per heavy atom. The highest BCUT2D eigenvalue weighted by Gasteiger charge is 2.08. The van der Waals surface area contributed by atoms with Gasteiger partial charge in [-0.3, -0.25) is 0 Å². The van der Waals surface area contributed by atoms with Crippen molar-refractivity contribution in [3.63, 3.8) is 0 Å². The molecule has 3 aromatic rings. The van der Waals surface area contributed by atoms with E-state index in [1.54, 1.807) is 7.11 Å². The van der Waals surface area contributed by atoms with E-state index in [0.717, 1.165) is 27.8 Å². The lowest BCUT2D eigenvalue weighted by molar-refractivity contribution is 0.415. The second-order valence-corrected chi connectivity index (χ2v) is 4.45. The number of nitrogen functional groups attached to an aromatic ring is 1. The topological polar surface area (TPSA) is 60.2 Å². The number of hydrogen-bond acceptors (Lipinski definition) is 4. The minimum atomic E-state index is 0. The van der Waals surface area contributed by atoms with Gasteiger partial charge >= 0.3 is 0 Å². The summed E-state index contributed by atoms with van der Waals surface area (Å²) in [7, 11) is 1.64. The Hall–Kier alpha value is -2.30. The third-order valence-electron chi connectivity index (χ3n) is 3.25. The highest BCUT2D eigenvalue weighted by molar-refractivity contribution is 5.90. The van der Waals surface area contributed by atoms with Gasteiger partial charge in [0.15, 0.2) is 0 Å². The molecule has 0 saturated heterocycles. The predicted molar refractivity (Wildman–Crippen MR) is 88.8 cm³/mol. The summed E-state index contributed by atoms with van der Waals surface area (Å²) in [6.07, 6.45) is 0. The van der Waals surface area contributed by atoms with Crippen LogP contribution in [0.1, 0.15) is 0 Å². The molecule has 0 fully saturated rings. The van der Waals surface area contributed by atoms with Crippen LogP contribution in [0, 0.1) is 0 Å². The first-order chi connectivity index (χ1) is 9.81. The van der Waals surface area contributed by atoms with Crippen molar-refractivity contribution in [3.05, 3.63) is 54.6 Å². The Balaban J connectivity index is 0.00000161. The monoisotopic (exact) mass is 301 g/mol. The average molecular weight is 302 g/mol. The first-order valence-electron chi connectivity index (χ1n) is 6.32. The lowest BCUT2D eigenvalue weighted by Gasteiger charge is -2.11. The van der Waals surface area contributed by atoms with E-state index in [1.165, 1.54) is 0 Å². The van der Waals surface area contributed by atoms with Crippen molar-refractivity contribution in [1.29, 1.82) is 0 Å². The number of pyridine rings is 1. The number of anilines is 1. The number of ether oxygens (including phenoxy) is 1. The van der Waals surface area contributed by atoms with Gasteiger partial charge < -0.3 is 10.2 Å². The quantitative estimate of drug-likeness (QED) is 0.573. The number of nitrogens with two attached hydrogens (primary N) is 1. The van der Waals surface area contributed by atoms with Gasteiger partial charge in [0.05, 0.1) is 12.6 Å². The van der Waals surface area contributed by atoms with Crippen molar-refractivity contribution in [2.75, 3.05) is 12.5 Å². The van der Waals surface area contributed by atoms with Gasteiger partial charge in [-0.2, -0.15) is 0 Å². The number of halogens is 1. The largest absolute Gasteiger partial charge is 0.497 e. The molecule has 5 heteroatoms. The number of nitrogens with zero attached hydrogens (tertiary/aromatic N) is 1. The van der Waals surface area contributed by atoms with E-state index in [4.69, 9.17) is 10.6 Å². The van der Waals surface area contributed by atoms with E-state index < -0.39 is 0 Å². The standard InChI is InChI=1S/C16H15N3O.ClH/c1-20-13-8-7-12-9-14(11-5-3-2-4-6-11)16(19-17)18-15(12)10-13;/h2-10H,17H2,1H3,(H,18,19);1H. The van der Waals surface area contributed by atoms with Crippen LogP contribution in [0.5, 0.6) is 5.75 Å². The van der Waals surface area contributed by atoms with Crippen molar-refractivity contribution in [3.8, 4) is 16.9 Å². The highest BCUT2D eigenvalue weighted by Crippen LogP contribution is 2.30. The van der Waals surface area contributed by atoms with Gasteiger partial charge in [0.1, 0.15) is 11.6 Å². The van der Waals surface area contributed by atoms with Crippen LogP contribution in [0.4, 0.5) is 5.82 Å². The third-order valence-corrected chi connectivity index (χ3v) is 3.25. The maximum Gasteiger partial charge on any atom is 0.148 e. The van der Waals surface area contributed by atoms with E-state index in [-0.39, 0.29) is 12.4 Å². The Morgan fingerprint density at radius 2 is 1.81 bits per heavy atom. The molecule has 4 nitrogen and oxygen atoms in total. The van der Waals surface area contributed by atoms with Gasteiger partial charge in [-0.1, -0.05) is 30.3 Å². The molecule has 1 heterocycles. The van der Waals surface area contributed by atoms with Gasteiger partial charge in [0.2, 0.25) is 0 Å². The van der Waals surface area contributed by atoms with Gasteiger partial charge in [0.25, 0.3) is 0 Å². The number of rotatable bonds is 3. The van der Waals surface area contributed by atoms with Crippen LogP contribution in [0.15, 0.2) is 54.6 Å². The average Bonchev–Trinajstić information content (AvgIpc) is 2.53. The molecule has 0 spiro atoms. The molecule has 0 saturated carbocycles. The molecule has 0 aliphatic carbocycles. The van der Waals surface area contributed by atoms with Gasteiger partial charge in [-0.15, -0.1) is 12.4 Å². The molecule has 0 amide bonds. The first-order valence-corrected chi connectivity index (χ1v) is 6.32. The zero-order chi connectivity index (χ0) is 13.9. The van der Waals surface area contributed by atoms with Crippen molar-refractivity contribution in [2.24, 2.45) is 5.84 Å². The van der Waals surface area contributed by atoms with Crippen LogP contribution >= 0.6 is 12.4 Å². The fourth-order valence-electron chi connectivity index (χ4n) is 2.22. The van der Waals surface area contributed by atoms with Crippen molar-refractivity contribution in [2.45, 2.75) is 0 Å². The molecule has 3 N–H and O–H groups in total. The Bertz CT molecular complexity index is 747. The normalized spacial score (nSPS) is 10.0. The highest BCUT2D eigenvalue weighted by atomic mass is 35.5. The fourth-order valence-corrected chi connectivity index (χ4v) is 2.22. The van der Waals surface area contributed by atoms with Crippen LogP contribution in [0.3, 0.4) is 0 Å². The summed E-state index contributed by atoms with van der Waals surface area (Å²) in [5.74, 6) is 7.03. The smallest absolute Gasteiger partial charge is 0.148 e. The first kappa shape index (κ1) is 15.1. The summed E-state index contributed by atoms with van der Waals surface area (Å²) in [6.45, 7) is 0. The maximum absolute atomic E-state index is 5.61. The summed E-state index contributed by atoms with van der Waals surface area (Å²) in [5, 5.41) is 1.05. The van der Waals surface area contributed by atoms with Crippen molar-refractivity contribution in [1.82, 2.24) is 4.98 Å². The fraction of sp³-hybridized carbons (Fsp3) is 0.0625. The second kappa shape index (κ2) is 6.43. The summed E-state index contributed by atoms with van der Waals surface area (Å²) in [4.78, 5) is 4.56. The van der Waals surface area contributed by atoms with Crippen molar-refractivity contribution >= 4 is 29.1 Å². The van der Waals surface area contributed by atoms with Crippen LogP contribution in [-0.2, 0) is 0 Å². The molecule has 3 rings (SSSR count). The molecule has 0 atom stereocenters. The van der Waals surface area contributed by atoms with Crippen LogP contribution in [0.25, 0.3) is 22.0 Å². The van der Waals surface area contributed by atoms with Gasteiger partial charge in [0, 0.05) is 17.0 Å². The lowest BCUT2D eigenvalue weighted by atomic mass is 10.0. The molecule has 0 aliphatic rings. The summed E-state index contributed by atoms with van der Waals surface area (Å²) >= 11 is 0. The number of methoxy groups -OCH3 is 1. The summed E-state index contributed by atoms with van der Waals surface area (Å²) < 4.78 is 5.22. The summed E-state index contributed by atoms with van der Waals surface area (Å²) in [5.41, 5.74) is 5.57. The molecular weight excluding hydrogens is 286 g/mol. The molecule has 1 aromatic heterocycles. The number of hydrogen-bond donors (Lipinski definition) is 2. The molecule has 108 valence electrons. The maximum atomic E-state index is 5.61. The van der Waals surface area contributed by atoms with E-state index >= 15 is 0 Å². The molecule has 0 aliphatic heterocycles. The SMILES string of the molecule is COc1ccc2cc(-c3ccccc3)c(NN)nc2c1.Cl. The van der Waals surface area contributed by atoms with E-state index in [2.05, 4.69) is 16.5 Å². The minimum Gasteiger partial charge on any atom is -0.497 e. The van der Waals surface area contributed by atoms with Gasteiger partial charge in [-0.05, 0) is 23.8 Å². The predicted octanol–water partition coefficient (Wildman–Crippen LogP) is 3.62. The van der Waals surface area contributed by atoms with Crippen molar-refractivity contribution < 1.29 is 4.74 Å². The van der Waals surface area contributed by atoms with Crippen LogP contribution < -0.4 is 16.0 Å². The molecular formula is C16H16ClN3O. The Morgan fingerprint density at radius 1 is 1.05 bits per heavy atom. The second-order valence-electron chi connectivity index (χ2n) is 4.45. The molecule has 0 radical (unpaired) electrons. The lowest BCUT2D eigenvalue weighted by Crippen LogP contribution is -2.10. The zero-order valence-corrected chi connectivity index (χ0v) is 12.4. The number of nitrogens with one attached hydrogen (secondary N) is 1. The van der Waals surface area contributed by atoms with Crippen LogP contribution in [0.2, 0.25) is 0 Å².